The Balaban J connectivity index is 1.52. The Kier molecular flexibility index (Phi) is 6.11. The molecule has 0 fully saturated rings. The van der Waals surface area contributed by atoms with Gasteiger partial charge in [0, 0.05) is 17.3 Å². The molecule has 1 aromatic heterocycles. The number of amides is 1. The van der Waals surface area contributed by atoms with Gasteiger partial charge in [-0.2, -0.15) is 0 Å². The van der Waals surface area contributed by atoms with Crippen LogP contribution in [0, 0.1) is 6.92 Å². The fourth-order valence-corrected chi connectivity index (χ4v) is 3.77. The fraction of sp³-hybridized carbons (Fsp3) is 0.200. The lowest BCUT2D eigenvalue weighted by Gasteiger charge is -2.05. The zero-order valence-electron chi connectivity index (χ0n) is 15.5. The predicted octanol–water partition coefficient (Wildman–Crippen LogP) is 3.62. The van der Waals surface area contributed by atoms with E-state index in [0.29, 0.717) is 18.0 Å². The second kappa shape index (κ2) is 8.53. The Morgan fingerprint density at radius 3 is 2.43 bits per heavy atom. The minimum absolute atomic E-state index is 0.134. The zero-order valence-corrected chi connectivity index (χ0v) is 17.1. The van der Waals surface area contributed by atoms with Gasteiger partial charge in [-0.25, -0.2) is 13.4 Å². The van der Waals surface area contributed by atoms with Crippen LogP contribution in [0.15, 0.2) is 58.8 Å². The first-order chi connectivity index (χ1) is 13.3. The van der Waals surface area contributed by atoms with Crippen molar-refractivity contribution >= 4 is 32.8 Å². The minimum Gasteiger partial charge on any atom is -0.486 e. The molecule has 0 aliphatic rings. The van der Waals surface area contributed by atoms with E-state index >= 15 is 0 Å². The molecule has 3 rings (SSSR count). The van der Waals surface area contributed by atoms with Gasteiger partial charge in [0.2, 0.25) is 5.91 Å². The maximum atomic E-state index is 12.2. The molecule has 0 bridgehead atoms. The van der Waals surface area contributed by atoms with Gasteiger partial charge in [-0.05, 0) is 43.3 Å². The van der Waals surface area contributed by atoms with Crippen LogP contribution in [0.2, 0.25) is 0 Å². The molecule has 1 amide bonds. The highest BCUT2D eigenvalue weighted by Crippen LogP contribution is 2.17. The summed E-state index contributed by atoms with van der Waals surface area (Å²) in [5.74, 6) is 0.557. The number of sulfone groups is 1. The summed E-state index contributed by atoms with van der Waals surface area (Å²) in [6, 6.07) is 13.8. The van der Waals surface area contributed by atoms with E-state index in [0.717, 1.165) is 17.0 Å². The maximum Gasteiger partial charge on any atom is 0.230 e. The molecule has 0 saturated heterocycles. The third-order valence-corrected chi connectivity index (χ3v) is 5.89. The molecule has 0 unspecified atom stereocenters. The van der Waals surface area contributed by atoms with Gasteiger partial charge in [0.25, 0.3) is 0 Å². The molecule has 2 aromatic carbocycles. The topological polar surface area (TPSA) is 85.4 Å². The van der Waals surface area contributed by atoms with Crippen molar-refractivity contribution in [1.82, 2.24) is 4.98 Å². The highest BCUT2D eigenvalue weighted by molar-refractivity contribution is 7.90. The number of benzene rings is 2. The lowest BCUT2D eigenvalue weighted by molar-refractivity contribution is -0.115. The van der Waals surface area contributed by atoms with Gasteiger partial charge in [-0.1, -0.05) is 17.7 Å². The molecule has 8 heteroatoms. The molecule has 1 heterocycles. The first-order valence-electron chi connectivity index (χ1n) is 8.52. The molecular weight excluding hydrogens is 396 g/mol. The molecular formula is C20H20N2O4S2. The molecule has 28 heavy (non-hydrogen) atoms. The van der Waals surface area contributed by atoms with Crippen molar-refractivity contribution in [3.05, 3.63) is 70.2 Å². The van der Waals surface area contributed by atoms with Crippen LogP contribution in [-0.4, -0.2) is 25.6 Å². The van der Waals surface area contributed by atoms with E-state index in [1.165, 1.54) is 29.0 Å². The molecule has 146 valence electrons. The smallest absolute Gasteiger partial charge is 0.230 e. The standard InChI is InChI=1S/C20H20N2O4S2/c1-14-3-7-17(8-4-14)26-12-20-22-16(13-27-20)11-19(23)21-15-5-9-18(10-6-15)28(2,24)25/h3-10,13H,11-12H2,1-2H3,(H,21,23). The number of anilines is 1. The van der Waals surface area contributed by atoms with Crippen molar-refractivity contribution < 1.29 is 17.9 Å². The van der Waals surface area contributed by atoms with Crippen LogP contribution in [0.5, 0.6) is 5.75 Å². The molecule has 0 atom stereocenters. The predicted molar refractivity (Wildman–Crippen MR) is 110 cm³/mol. The number of thiazole rings is 1. The van der Waals surface area contributed by atoms with Gasteiger partial charge in [-0.15, -0.1) is 11.3 Å². The number of hydrogen-bond acceptors (Lipinski definition) is 6. The summed E-state index contributed by atoms with van der Waals surface area (Å²) in [4.78, 5) is 16.8. The van der Waals surface area contributed by atoms with E-state index < -0.39 is 9.84 Å². The maximum absolute atomic E-state index is 12.2. The van der Waals surface area contributed by atoms with Gasteiger partial charge >= 0.3 is 0 Å². The SMILES string of the molecule is Cc1ccc(OCc2nc(CC(=O)Nc3ccc(S(C)(=O)=O)cc3)cs2)cc1. The molecule has 1 N–H and O–H groups in total. The highest BCUT2D eigenvalue weighted by Gasteiger charge is 2.10. The Morgan fingerprint density at radius 2 is 1.79 bits per heavy atom. The number of aryl methyl sites for hydroxylation is 1. The van der Waals surface area contributed by atoms with Crippen molar-refractivity contribution in [1.29, 1.82) is 0 Å². The Morgan fingerprint density at radius 1 is 1.11 bits per heavy atom. The number of ether oxygens (including phenoxy) is 1. The molecule has 0 saturated carbocycles. The fourth-order valence-electron chi connectivity index (χ4n) is 2.43. The summed E-state index contributed by atoms with van der Waals surface area (Å²) in [5.41, 5.74) is 2.37. The lowest BCUT2D eigenvalue weighted by atomic mass is 10.2. The van der Waals surface area contributed by atoms with Crippen molar-refractivity contribution in [3.63, 3.8) is 0 Å². The number of aromatic nitrogens is 1. The third kappa shape index (κ3) is 5.64. The number of hydrogen-bond donors (Lipinski definition) is 1. The summed E-state index contributed by atoms with van der Waals surface area (Å²) in [7, 11) is -3.25. The zero-order chi connectivity index (χ0) is 20.1. The first kappa shape index (κ1) is 20.0. The number of rotatable bonds is 7. The van der Waals surface area contributed by atoms with Crippen LogP contribution in [-0.2, 0) is 27.7 Å². The second-order valence-corrected chi connectivity index (χ2v) is 9.31. The number of nitrogens with one attached hydrogen (secondary N) is 1. The van der Waals surface area contributed by atoms with E-state index in [-0.39, 0.29) is 17.2 Å². The summed E-state index contributed by atoms with van der Waals surface area (Å²) in [5, 5.41) is 5.37. The van der Waals surface area contributed by atoms with E-state index in [4.69, 9.17) is 4.74 Å². The van der Waals surface area contributed by atoms with Crippen LogP contribution in [0.3, 0.4) is 0 Å². The second-order valence-electron chi connectivity index (χ2n) is 6.36. The first-order valence-corrected chi connectivity index (χ1v) is 11.3. The van der Waals surface area contributed by atoms with Crippen LogP contribution in [0.4, 0.5) is 5.69 Å². The van der Waals surface area contributed by atoms with E-state index in [1.54, 1.807) is 12.1 Å². The number of carbonyl (C=O) groups excluding carboxylic acids is 1. The molecule has 0 radical (unpaired) electrons. The Labute approximate surface area is 168 Å². The summed E-state index contributed by atoms with van der Waals surface area (Å²) in [6.07, 6.45) is 1.28. The van der Waals surface area contributed by atoms with Crippen molar-refractivity contribution in [2.45, 2.75) is 24.8 Å². The van der Waals surface area contributed by atoms with Crippen LogP contribution in [0.25, 0.3) is 0 Å². The van der Waals surface area contributed by atoms with Crippen LogP contribution in [0.1, 0.15) is 16.3 Å². The summed E-state index contributed by atoms with van der Waals surface area (Å²) in [6.45, 7) is 2.37. The van der Waals surface area contributed by atoms with Crippen molar-refractivity contribution in [2.75, 3.05) is 11.6 Å². The normalized spacial score (nSPS) is 11.2. The average molecular weight is 417 g/mol. The van der Waals surface area contributed by atoms with Crippen molar-refractivity contribution in [2.24, 2.45) is 0 Å². The molecule has 6 nitrogen and oxygen atoms in total. The lowest BCUT2D eigenvalue weighted by Crippen LogP contribution is -2.14. The quantitative estimate of drug-likeness (QED) is 0.636. The van der Waals surface area contributed by atoms with Gasteiger partial charge in [-0.3, -0.25) is 4.79 Å². The molecule has 0 aliphatic heterocycles. The number of nitrogens with zero attached hydrogens (tertiary/aromatic N) is 1. The largest absolute Gasteiger partial charge is 0.486 e. The molecule has 0 spiro atoms. The summed E-state index contributed by atoms with van der Waals surface area (Å²) >= 11 is 1.44. The van der Waals surface area contributed by atoms with Gasteiger partial charge in [0.1, 0.15) is 17.4 Å². The number of carbonyl (C=O) groups is 1. The molecule has 3 aromatic rings. The molecule has 0 aliphatic carbocycles. The van der Waals surface area contributed by atoms with Gasteiger partial charge in [0.05, 0.1) is 17.0 Å². The van der Waals surface area contributed by atoms with Gasteiger partial charge in [0.15, 0.2) is 9.84 Å². The van der Waals surface area contributed by atoms with Crippen LogP contribution >= 0.6 is 11.3 Å². The minimum atomic E-state index is -3.25. The Hall–Kier alpha value is -2.71. The van der Waals surface area contributed by atoms with Crippen LogP contribution < -0.4 is 10.1 Å². The van der Waals surface area contributed by atoms with E-state index in [2.05, 4.69) is 10.3 Å². The van der Waals surface area contributed by atoms with E-state index in [1.807, 2.05) is 36.6 Å². The van der Waals surface area contributed by atoms with E-state index in [9.17, 15) is 13.2 Å². The van der Waals surface area contributed by atoms with Gasteiger partial charge < -0.3 is 10.1 Å². The third-order valence-electron chi connectivity index (χ3n) is 3.89. The average Bonchev–Trinajstić information content (AvgIpc) is 3.08. The van der Waals surface area contributed by atoms with Crippen molar-refractivity contribution in [3.8, 4) is 5.75 Å². The monoisotopic (exact) mass is 416 g/mol. The Bertz CT molecular complexity index is 1060. The highest BCUT2D eigenvalue weighted by atomic mass is 32.2. The summed E-state index contributed by atoms with van der Waals surface area (Å²) < 4.78 is 28.6.